The van der Waals surface area contributed by atoms with E-state index in [1.165, 1.54) is 12.8 Å². The molecule has 0 bridgehead atoms. The summed E-state index contributed by atoms with van der Waals surface area (Å²) in [5, 5.41) is 6.54. The van der Waals surface area contributed by atoms with Gasteiger partial charge in [0.05, 0.1) is 6.54 Å². The van der Waals surface area contributed by atoms with E-state index in [2.05, 4.69) is 34.5 Å². The van der Waals surface area contributed by atoms with Crippen molar-refractivity contribution < 1.29 is 4.74 Å². The molecule has 1 aromatic heterocycles. The van der Waals surface area contributed by atoms with Crippen LogP contribution in [-0.2, 0) is 6.54 Å². The number of hydrogen-bond acceptors (Lipinski definition) is 3. The fourth-order valence-corrected chi connectivity index (χ4v) is 2.51. The van der Waals surface area contributed by atoms with E-state index in [0.29, 0.717) is 12.6 Å². The topological polar surface area (TPSA) is 58.5 Å². The second-order valence-electron chi connectivity index (χ2n) is 5.65. The van der Waals surface area contributed by atoms with Crippen molar-refractivity contribution in [1.82, 2.24) is 15.6 Å². The van der Waals surface area contributed by atoms with Gasteiger partial charge >= 0.3 is 0 Å². The molecule has 0 radical (unpaired) electrons. The maximum absolute atomic E-state index is 5.88. The van der Waals surface area contributed by atoms with Crippen molar-refractivity contribution in [3.63, 3.8) is 0 Å². The lowest BCUT2D eigenvalue weighted by Crippen LogP contribution is -2.37. The second kappa shape index (κ2) is 9.28. The minimum absolute atomic E-state index is 0.356. The largest absolute Gasteiger partial charge is 0.474 e. The van der Waals surface area contributed by atoms with Gasteiger partial charge in [0.25, 0.3) is 0 Å². The smallest absolute Gasteiger partial charge is 0.213 e. The number of rotatable bonds is 7. The van der Waals surface area contributed by atoms with Crippen LogP contribution in [0.3, 0.4) is 0 Å². The molecule has 0 aliphatic heterocycles. The number of pyridine rings is 1. The molecule has 122 valence electrons. The van der Waals surface area contributed by atoms with Crippen LogP contribution in [0, 0.1) is 0 Å². The first-order chi connectivity index (χ1) is 10.8. The highest BCUT2D eigenvalue weighted by Gasteiger charge is 2.16. The van der Waals surface area contributed by atoms with Crippen molar-refractivity contribution in [2.75, 3.05) is 13.1 Å². The first-order valence-electron chi connectivity index (χ1n) is 8.45. The third kappa shape index (κ3) is 5.54. The van der Waals surface area contributed by atoms with E-state index in [-0.39, 0.29) is 0 Å². The van der Waals surface area contributed by atoms with Gasteiger partial charge in [-0.2, -0.15) is 0 Å². The summed E-state index contributed by atoms with van der Waals surface area (Å²) in [5.74, 6) is 1.59. The average molecular weight is 304 g/mol. The van der Waals surface area contributed by atoms with Crippen molar-refractivity contribution in [2.45, 2.75) is 58.6 Å². The number of nitrogens with one attached hydrogen (secondary N) is 2. The molecule has 1 aromatic rings. The minimum atomic E-state index is 0.356. The Morgan fingerprint density at radius 1 is 1.27 bits per heavy atom. The molecule has 0 amide bonds. The van der Waals surface area contributed by atoms with E-state index >= 15 is 0 Å². The van der Waals surface area contributed by atoms with Crippen molar-refractivity contribution >= 4 is 5.96 Å². The van der Waals surface area contributed by atoms with E-state index < -0.39 is 0 Å². The fraction of sp³-hybridized carbons (Fsp3) is 0.647. The lowest BCUT2D eigenvalue weighted by atomic mass is 10.3. The number of aromatic nitrogens is 1. The van der Waals surface area contributed by atoms with Gasteiger partial charge in [0.1, 0.15) is 6.10 Å². The predicted octanol–water partition coefficient (Wildman–Crippen LogP) is 2.87. The van der Waals surface area contributed by atoms with Crippen molar-refractivity contribution in [3.05, 3.63) is 23.9 Å². The zero-order valence-electron chi connectivity index (χ0n) is 13.8. The van der Waals surface area contributed by atoms with Gasteiger partial charge in [-0.3, -0.25) is 0 Å². The molecule has 2 N–H and O–H groups in total. The molecule has 1 saturated carbocycles. The molecule has 0 unspecified atom stereocenters. The normalized spacial score (nSPS) is 15.8. The van der Waals surface area contributed by atoms with Crippen LogP contribution in [0.25, 0.3) is 0 Å². The number of ether oxygens (including phenoxy) is 1. The van der Waals surface area contributed by atoms with Crippen LogP contribution in [-0.4, -0.2) is 30.1 Å². The SMILES string of the molecule is CCCNC(=NCc1ccc(OC2CCCC2)nc1)NCC. The summed E-state index contributed by atoms with van der Waals surface area (Å²) in [6.45, 7) is 6.62. The summed E-state index contributed by atoms with van der Waals surface area (Å²) in [5.41, 5.74) is 1.09. The van der Waals surface area contributed by atoms with Gasteiger partial charge in [-0.25, -0.2) is 9.98 Å². The molecule has 5 heteroatoms. The molecular weight excluding hydrogens is 276 g/mol. The lowest BCUT2D eigenvalue weighted by molar-refractivity contribution is 0.201. The van der Waals surface area contributed by atoms with Gasteiger partial charge in [-0.1, -0.05) is 13.0 Å². The number of hydrogen-bond donors (Lipinski definition) is 2. The zero-order valence-corrected chi connectivity index (χ0v) is 13.8. The van der Waals surface area contributed by atoms with E-state index in [1.807, 2.05) is 18.3 Å². The van der Waals surface area contributed by atoms with Crippen LogP contribution < -0.4 is 15.4 Å². The summed E-state index contributed by atoms with van der Waals surface area (Å²) in [7, 11) is 0. The standard InChI is InChI=1S/C17H28N4O/c1-3-11-19-17(18-4-2)21-13-14-9-10-16(20-12-14)22-15-7-5-6-8-15/h9-10,12,15H,3-8,11,13H2,1-2H3,(H2,18,19,21). The molecule has 5 nitrogen and oxygen atoms in total. The highest BCUT2D eigenvalue weighted by molar-refractivity contribution is 5.79. The Hall–Kier alpha value is -1.78. The third-order valence-electron chi connectivity index (χ3n) is 3.69. The molecule has 1 aliphatic carbocycles. The van der Waals surface area contributed by atoms with Gasteiger partial charge in [0.2, 0.25) is 5.88 Å². The Kier molecular flexibility index (Phi) is 7.00. The molecule has 2 rings (SSSR count). The van der Waals surface area contributed by atoms with Gasteiger partial charge in [-0.15, -0.1) is 0 Å². The summed E-state index contributed by atoms with van der Waals surface area (Å²) >= 11 is 0. The molecule has 0 atom stereocenters. The predicted molar refractivity (Wildman–Crippen MR) is 90.2 cm³/mol. The van der Waals surface area contributed by atoms with Crippen LogP contribution >= 0.6 is 0 Å². The first kappa shape index (κ1) is 16.6. The first-order valence-corrected chi connectivity index (χ1v) is 8.45. The van der Waals surface area contributed by atoms with Crippen molar-refractivity contribution in [2.24, 2.45) is 4.99 Å². The number of nitrogens with zero attached hydrogens (tertiary/aromatic N) is 2. The Bertz CT molecular complexity index is 452. The molecule has 22 heavy (non-hydrogen) atoms. The maximum atomic E-state index is 5.88. The van der Waals surface area contributed by atoms with Crippen molar-refractivity contribution in [1.29, 1.82) is 0 Å². The van der Waals surface area contributed by atoms with E-state index in [1.54, 1.807) is 0 Å². The van der Waals surface area contributed by atoms with Crippen molar-refractivity contribution in [3.8, 4) is 5.88 Å². The Balaban J connectivity index is 1.86. The van der Waals surface area contributed by atoms with Crippen LogP contribution in [0.15, 0.2) is 23.3 Å². The zero-order chi connectivity index (χ0) is 15.6. The maximum Gasteiger partial charge on any atom is 0.213 e. The molecule has 0 aromatic carbocycles. The van der Waals surface area contributed by atoms with E-state index in [9.17, 15) is 0 Å². The quantitative estimate of drug-likeness (QED) is 0.601. The summed E-state index contributed by atoms with van der Waals surface area (Å²) < 4.78 is 5.88. The monoisotopic (exact) mass is 304 g/mol. The van der Waals surface area contributed by atoms with E-state index in [0.717, 1.165) is 49.8 Å². The molecule has 0 spiro atoms. The van der Waals surface area contributed by atoms with Gasteiger partial charge in [-0.05, 0) is 44.6 Å². The molecule has 1 aliphatic rings. The number of guanidine groups is 1. The molecule has 1 heterocycles. The molecule has 0 saturated heterocycles. The van der Waals surface area contributed by atoms with Crippen LogP contribution in [0.5, 0.6) is 5.88 Å². The highest BCUT2D eigenvalue weighted by atomic mass is 16.5. The Morgan fingerprint density at radius 3 is 2.73 bits per heavy atom. The fourth-order valence-electron chi connectivity index (χ4n) is 2.51. The third-order valence-corrected chi connectivity index (χ3v) is 3.69. The molecular formula is C17H28N4O. The van der Waals surface area contributed by atoms with Crippen LogP contribution in [0.2, 0.25) is 0 Å². The average Bonchev–Trinajstić information content (AvgIpc) is 3.04. The van der Waals surface area contributed by atoms with Gasteiger partial charge in [0, 0.05) is 25.4 Å². The molecule has 1 fully saturated rings. The van der Waals surface area contributed by atoms with Crippen LogP contribution in [0.1, 0.15) is 51.5 Å². The lowest BCUT2D eigenvalue weighted by Gasteiger charge is -2.12. The Morgan fingerprint density at radius 2 is 2.09 bits per heavy atom. The van der Waals surface area contributed by atoms with Gasteiger partial charge in [0.15, 0.2) is 5.96 Å². The highest BCUT2D eigenvalue weighted by Crippen LogP contribution is 2.22. The second-order valence-corrected chi connectivity index (χ2v) is 5.65. The number of aliphatic imine (C=N–C) groups is 1. The van der Waals surface area contributed by atoms with Gasteiger partial charge < -0.3 is 15.4 Å². The van der Waals surface area contributed by atoms with Crippen LogP contribution in [0.4, 0.5) is 0 Å². The summed E-state index contributed by atoms with van der Waals surface area (Å²) in [6, 6.07) is 4.00. The minimum Gasteiger partial charge on any atom is -0.474 e. The van der Waals surface area contributed by atoms with E-state index in [4.69, 9.17) is 4.74 Å². The summed E-state index contributed by atoms with van der Waals surface area (Å²) in [6.07, 6.45) is 8.16. The Labute approximate surface area is 133 Å². The summed E-state index contributed by atoms with van der Waals surface area (Å²) in [4.78, 5) is 8.96.